The van der Waals surface area contributed by atoms with Crippen molar-refractivity contribution in [1.82, 2.24) is 5.32 Å². The van der Waals surface area contributed by atoms with Crippen LogP contribution in [-0.2, 0) is 11.2 Å². The molecule has 94 valence electrons. The van der Waals surface area contributed by atoms with Crippen LogP contribution in [0.1, 0.15) is 18.9 Å². The van der Waals surface area contributed by atoms with E-state index >= 15 is 0 Å². The molecule has 0 amide bonds. The summed E-state index contributed by atoms with van der Waals surface area (Å²) in [5.74, 6) is -0.926. The van der Waals surface area contributed by atoms with Crippen LogP contribution in [0.5, 0.6) is 0 Å². The van der Waals surface area contributed by atoms with Crippen molar-refractivity contribution in [3.05, 3.63) is 35.4 Å². The van der Waals surface area contributed by atoms with E-state index in [4.69, 9.17) is 4.74 Å². The Kier molecular flexibility index (Phi) is 4.07. The van der Waals surface area contributed by atoms with Crippen LogP contribution in [-0.4, -0.2) is 25.3 Å². The molecule has 1 heterocycles. The first-order valence-electron chi connectivity index (χ1n) is 5.93. The molecule has 1 fully saturated rings. The normalized spacial score (nSPS) is 24.9. The lowest BCUT2D eigenvalue weighted by Crippen LogP contribution is -2.47. The molecule has 1 aliphatic rings. The van der Waals surface area contributed by atoms with Gasteiger partial charge in [0, 0.05) is 17.6 Å². The third-order valence-electron chi connectivity index (χ3n) is 3.01. The van der Waals surface area contributed by atoms with Gasteiger partial charge in [0.1, 0.15) is 11.6 Å². The minimum absolute atomic E-state index is 0.174. The van der Waals surface area contributed by atoms with Crippen molar-refractivity contribution < 1.29 is 13.5 Å². The summed E-state index contributed by atoms with van der Waals surface area (Å²) < 4.78 is 32.2. The van der Waals surface area contributed by atoms with Gasteiger partial charge >= 0.3 is 0 Å². The smallest absolute Gasteiger partial charge is 0.129 e. The summed E-state index contributed by atoms with van der Waals surface area (Å²) >= 11 is 0. The molecule has 0 aliphatic carbocycles. The van der Waals surface area contributed by atoms with E-state index in [1.165, 1.54) is 18.2 Å². The molecule has 2 nitrogen and oxygen atoms in total. The Morgan fingerprint density at radius 3 is 2.65 bits per heavy atom. The van der Waals surface area contributed by atoms with Crippen LogP contribution in [0.3, 0.4) is 0 Å². The van der Waals surface area contributed by atoms with E-state index in [0.717, 1.165) is 0 Å². The average molecular weight is 241 g/mol. The van der Waals surface area contributed by atoms with Crippen molar-refractivity contribution >= 4 is 0 Å². The Labute approximate surface area is 100.0 Å². The molecule has 2 rings (SSSR count). The molecule has 2 unspecified atom stereocenters. The second-order valence-electron chi connectivity index (χ2n) is 4.54. The number of benzene rings is 1. The Morgan fingerprint density at radius 2 is 2.00 bits per heavy atom. The van der Waals surface area contributed by atoms with Crippen molar-refractivity contribution in [3.63, 3.8) is 0 Å². The number of hydrogen-bond donors (Lipinski definition) is 1. The number of morpholine rings is 1. The van der Waals surface area contributed by atoms with Gasteiger partial charge in [-0.1, -0.05) is 6.07 Å². The van der Waals surface area contributed by atoms with Crippen LogP contribution < -0.4 is 5.32 Å². The maximum Gasteiger partial charge on any atom is 0.129 e. The first-order valence-corrected chi connectivity index (χ1v) is 5.93. The Bertz CT molecular complexity index is 363. The first kappa shape index (κ1) is 12.5. The minimum atomic E-state index is -0.463. The largest absolute Gasteiger partial charge is 0.378 e. The van der Waals surface area contributed by atoms with Gasteiger partial charge in [0.25, 0.3) is 0 Å². The first-order chi connectivity index (χ1) is 8.16. The summed E-state index contributed by atoms with van der Waals surface area (Å²) in [7, 11) is 0. The van der Waals surface area contributed by atoms with Gasteiger partial charge < -0.3 is 10.1 Å². The minimum Gasteiger partial charge on any atom is -0.378 e. The second-order valence-corrected chi connectivity index (χ2v) is 4.54. The Hall–Kier alpha value is -1.00. The van der Waals surface area contributed by atoms with Gasteiger partial charge in [-0.25, -0.2) is 8.78 Å². The predicted molar refractivity (Wildman–Crippen MR) is 61.9 cm³/mol. The van der Waals surface area contributed by atoms with Crippen molar-refractivity contribution in [2.75, 3.05) is 13.2 Å². The SMILES string of the molecule is CC1COCC(CCc2c(F)cccc2F)N1. The van der Waals surface area contributed by atoms with Gasteiger partial charge in [-0.15, -0.1) is 0 Å². The van der Waals surface area contributed by atoms with Crippen molar-refractivity contribution in [2.24, 2.45) is 0 Å². The van der Waals surface area contributed by atoms with Crippen LogP contribution in [0.4, 0.5) is 8.78 Å². The summed E-state index contributed by atoms with van der Waals surface area (Å²) in [6.07, 6.45) is 1.08. The topological polar surface area (TPSA) is 21.3 Å². The number of ether oxygens (including phenoxy) is 1. The predicted octanol–water partition coefficient (Wildman–Crippen LogP) is 2.27. The third kappa shape index (κ3) is 3.23. The summed E-state index contributed by atoms with van der Waals surface area (Å²) in [4.78, 5) is 0. The monoisotopic (exact) mass is 241 g/mol. The highest BCUT2D eigenvalue weighted by Crippen LogP contribution is 2.16. The third-order valence-corrected chi connectivity index (χ3v) is 3.01. The maximum atomic E-state index is 13.4. The molecule has 0 saturated carbocycles. The van der Waals surface area contributed by atoms with E-state index in [1.54, 1.807) is 0 Å². The Morgan fingerprint density at radius 1 is 1.29 bits per heavy atom. The fourth-order valence-electron chi connectivity index (χ4n) is 2.14. The molecule has 0 spiro atoms. The number of nitrogens with one attached hydrogen (secondary N) is 1. The molecule has 0 bridgehead atoms. The molecule has 1 aromatic rings. The second kappa shape index (κ2) is 5.56. The number of rotatable bonds is 3. The van der Waals surface area contributed by atoms with E-state index < -0.39 is 11.6 Å². The van der Waals surface area contributed by atoms with E-state index in [2.05, 4.69) is 5.32 Å². The Balaban J connectivity index is 1.93. The molecule has 2 atom stereocenters. The van der Waals surface area contributed by atoms with Gasteiger partial charge in [0.05, 0.1) is 13.2 Å². The van der Waals surface area contributed by atoms with Gasteiger partial charge in [-0.3, -0.25) is 0 Å². The van der Waals surface area contributed by atoms with Crippen LogP contribution in [0, 0.1) is 11.6 Å². The molecule has 1 aromatic carbocycles. The van der Waals surface area contributed by atoms with E-state index in [1.807, 2.05) is 6.92 Å². The summed E-state index contributed by atoms with van der Waals surface area (Å²) in [6.45, 7) is 3.35. The van der Waals surface area contributed by atoms with Gasteiger partial charge in [-0.05, 0) is 31.9 Å². The zero-order valence-corrected chi connectivity index (χ0v) is 9.88. The van der Waals surface area contributed by atoms with Crippen molar-refractivity contribution in [1.29, 1.82) is 0 Å². The zero-order chi connectivity index (χ0) is 12.3. The fourth-order valence-corrected chi connectivity index (χ4v) is 2.14. The van der Waals surface area contributed by atoms with Gasteiger partial charge in [-0.2, -0.15) is 0 Å². The van der Waals surface area contributed by atoms with E-state index in [0.29, 0.717) is 32.1 Å². The summed E-state index contributed by atoms with van der Waals surface area (Å²) in [6, 6.07) is 4.47. The van der Waals surface area contributed by atoms with Gasteiger partial charge in [0.2, 0.25) is 0 Å². The standard InChI is InChI=1S/C13H17F2NO/c1-9-7-17-8-10(16-9)5-6-11-12(14)3-2-4-13(11)15/h2-4,9-10,16H,5-8H2,1H3. The van der Waals surface area contributed by atoms with Crippen molar-refractivity contribution in [2.45, 2.75) is 31.8 Å². The van der Waals surface area contributed by atoms with Crippen LogP contribution >= 0.6 is 0 Å². The molecule has 0 radical (unpaired) electrons. The van der Waals surface area contributed by atoms with Crippen LogP contribution in [0.25, 0.3) is 0 Å². The van der Waals surface area contributed by atoms with Crippen molar-refractivity contribution in [3.8, 4) is 0 Å². The highest BCUT2D eigenvalue weighted by atomic mass is 19.1. The summed E-state index contributed by atoms with van der Waals surface area (Å²) in [5.41, 5.74) is 0.174. The molecule has 17 heavy (non-hydrogen) atoms. The lowest BCUT2D eigenvalue weighted by atomic mass is 10.0. The fraction of sp³-hybridized carbons (Fsp3) is 0.538. The quantitative estimate of drug-likeness (QED) is 0.876. The molecule has 1 saturated heterocycles. The van der Waals surface area contributed by atoms with E-state index in [9.17, 15) is 8.78 Å². The lowest BCUT2D eigenvalue weighted by Gasteiger charge is -2.29. The molecule has 1 aliphatic heterocycles. The van der Waals surface area contributed by atoms with Crippen LogP contribution in [0.2, 0.25) is 0 Å². The zero-order valence-electron chi connectivity index (χ0n) is 9.88. The summed E-state index contributed by atoms with van der Waals surface area (Å²) in [5, 5.41) is 3.36. The molecule has 0 aromatic heterocycles. The van der Waals surface area contributed by atoms with Gasteiger partial charge in [0.15, 0.2) is 0 Å². The number of halogens is 2. The molecular formula is C13H17F2NO. The number of hydrogen-bond acceptors (Lipinski definition) is 2. The molecule has 4 heteroatoms. The van der Waals surface area contributed by atoms with Crippen LogP contribution in [0.15, 0.2) is 18.2 Å². The van der Waals surface area contributed by atoms with E-state index in [-0.39, 0.29) is 11.6 Å². The molecule has 1 N–H and O–H groups in total. The average Bonchev–Trinajstić information content (AvgIpc) is 2.28. The lowest BCUT2D eigenvalue weighted by molar-refractivity contribution is 0.0482. The maximum absolute atomic E-state index is 13.4. The highest BCUT2D eigenvalue weighted by molar-refractivity contribution is 5.19. The highest BCUT2D eigenvalue weighted by Gasteiger charge is 2.19. The molecular weight excluding hydrogens is 224 g/mol.